The molecule has 0 saturated heterocycles. The fourth-order valence-electron chi connectivity index (χ4n) is 1.83. The van der Waals surface area contributed by atoms with Gasteiger partial charge in [0.2, 0.25) is 10.0 Å². The van der Waals surface area contributed by atoms with Gasteiger partial charge in [-0.1, -0.05) is 6.92 Å². The minimum atomic E-state index is -3.83. The van der Waals surface area contributed by atoms with Crippen LogP contribution in [0.5, 0.6) is 5.75 Å². The summed E-state index contributed by atoms with van der Waals surface area (Å²) < 4.78 is 30.8. The number of carboxylic acid groups (broad SMARTS) is 1. The second-order valence-corrected chi connectivity index (χ2v) is 7.72. The van der Waals surface area contributed by atoms with Crippen molar-refractivity contribution in [3.05, 3.63) is 23.8 Å². The number of carbonyl (C=O) groups is 2. The maximum absolute atomic E-state index is 12.4. The largest absolute Gasteiger partial charge is 0.495 e. The van der Waals surface area contributed by atoms with Gasteiger partial charge in [-0.15, -0.1) is 0 Å². The molecule has 0 aliphatic rings. The van der Waals surface area contributed by atoms with Crippen LogP contribution in [0.25, 0.3) is 0 Å². The highest BCUT2D eigenvalue weighted by molar-refractivity contribution is 7.89. The minimum Gasteiger partial charge on any atom is -0.495 e. The predicted octanol–water partition coefficient (Wildman–Crippen LogP) is 0.929. The lowest BCUT2D eigenvalue weighted by atomic mass is 9.98. The number of nitrogens with zero attached hydrogens (tertiary/aromatic N) is 1. The van der Waals surface area contributed by atoms with Gasteiger partial charge < -0.3 is 15.2 Å². The van der Waals surface area contributed by atoms with Gasteiger partial charge in [0.15, 0.2) is 0 Å². The number of hydrogen-bond acceptors (Lipinski definition) is 5. The van der Waals surface area contributed by atoms with Crippen LogP contribution in [-0.4, -0.2) is 56.5 Å². The number of aliphatic carboxylic acids is 1. The van der Waals surface area contributed by atoms with Gasteiger partial charge in [-0.25, -0.2) is 17.5 Å². The van der Waals surface area contributed by atoms with Crippen LogP contribution in [0.1, 0.15) is 30.6 Å². The van der Waals surface area contributed by atoms with Crippen LogP contribution in [0.15, 0.2) is 23.1 Å². The normalized spacial score (nSPS) is 14.1. The zero-order valence-electron chi connectivity index (χ0n) is 14.3. The molecule has 0 bridgehead atoms. The summed E-state index contributed by atoms with van der Waals surface area (Å²) >= 11 is 0. The van der Waals surface area contributed by atoms with Crippen LogP contribution in [0, 0.1) is 0 Å². The van der Waals surface area contributed by atoms with Crippen LogP contribution in [0.2, 0.25) is 0 Å². The number of nitrogens with one attached hydrogen (secondary N) is 1. The lowest BCUT2D eigenvalue weighted by Gasteiger charge is -2.24. The van der Waals surface area contributed by atoms with E-state index in [4.69, 9.17) is 4.74 Å². The van der Waals surface area contributed by atoms with Crippen molar-refractivity contribution in [2.45, 2.75) is 30.7 Å². The van der Waals surface area contributed by atoms with E-state index in [-0.39, 0.29) is 22.6 Å². The van der Waals surface area contributed by atoms with Crippen LogP contribution < -0.4 is 10.1 Å². The molecule has 24 heavy (non-hydrogen) atoms. The quantitative estimate of drug-likeness (QED) is 0.750. The van der Waals surface area contributed by atoms with Gasteiger partial charge in [0.25, 0.3) is 5.91 Å². The first-order valence-electron chi connectivity index (χ1n) is 7.16. The molecular weight excluding hydrogens is 336 g/mol. The zero-order valence-corrected chi connectivity index (χ0v) is 15.1. The number of benzene rings is 1. The van der Waals surface area contributed by atoms with Crippen LogP contribution in [0.4, 0.5) is 0 Å². The highest BCUT2D eigenvalue weighted by Gasteiger charge is 2.33. The smallest absolute Gasteiger partial charge is 0.329 e. The summed E-state index contributed by atoms with van der Waals surface area (Å²) in [7, 11) is 0.215. The molecule has 1 aromatic carbocycles. The van der Waals surface area contributed by atoms with Crippen molar-refractivity contribution < 1.29 is 27.9 Å². The summed E-state index contributed by atoms with van der Waals surface area (Å²) in [5, 5.41) is 11.6. The minimum absolute atomic E-state index is 0.0251. The standard InChI is InChI=1S/C15H22N2O6S/c1-6-15(2,14(19)20)16-13(18)10-7-8-11(23-5)12(9-10)24(21,22)17(3)4/h7-9H,6H2,1-5H3,(H,16,18)(H,19,20). The molecule has 0 saturated carbocycles. The molecule has 1 aromatic rings. The van der Waals surface area contributed by atoms with Gasteiger partial charge in [-0.3, -0.25) is 4.79 Å². The Bertz CT molecular complexity index is 744. The molecule has 0 fully saturated rings. The number of carboxylic acids is 1. The first kappa shape index (κ1) is 19.9. The number of sulfonamides is 1. The monoisotopic (exact) mass is 358 g/mol. The molecule has 9 heteroatoms. The molecule has 0 radical (unpaired) electrons. The molecule has 1 unspecified atom stereocenters. The maximum atomic E-state index is 12.4. The topological polar surface area (TPSA) is 113 Å². The second kappa shape index (κ2) is 7.18. The fourth-order valence-corrected chi connectivity index (χ4v) is 2.91. The molecule has 8 nitrogen and oxygen atoms in total. The summed E-state index contributed by atoms with van der Waals surface area (Å²) in [5.74, 6) is -1.76. The van der Waals surface area contributed by atoms with Crippen LogP contribution in [0.3, 0.4) is 0 Å². The summed E-state index contributed by atoms with van der Waals surface area (Å²) in [6, 6.07) is 3.90. The Hall–Kier alpha value is -2.13. The lowest BCUT2D eigenvalue weighted by molar-refractivity contribution is -0.143. The third-order valence-electron chi connectivity index (χ3n) is 3.75. The van der Waals surface area contributed by atoms with E-state index in [9.17, 15) is 23.1 Å². The summed E-state index contributed by atoms with van der Waals surface area (Å²) in [6.45, 7) is 3.01. The van der Waals surface area contributed by atoms with Crippen molar-refractivity contribution in [3.63, 3.8) is 0 Å². The van der Waals surface area contributed by atoms with E-state index >= 15 is 0 Å². The van der Waals surface area contributed by atoms with Gasteiger partial charge >= 0.3 is 5.97 Å². The summed E-state index contributed by atoms with van der Waals surface area (Å²) in [6.07, 6.45) is 0.174. The van der Waals surface area contributed by atoms with E-state index in [1.165, 1.54) is 46.3 Å². The van der Waals surface area contributed by atoms with Crippen molar-refractivity contribution in [1.29, 1.82) is 0 Å². The number of hydrogen-bond donors (Lipinski definition) is 2. The molecule has 0 aromatic heterocycles. The third kappa shape index (κ3) is 3.85. The average molecular weight is 358 g/mol. The molecule has 134 valence electrons. The predicted molar refractivity (Wildman–Crippen MR) is 87.7 cm³/mol. The van der Waals surface area contributed by atoms with E-state index < -0.39 is 27.4 Å². The van der Waals surface area contributed by atoms with Crippen molar-refractivity contribution in [3.8, 4) is 5.75 Å². The van der Waals surface area contributed by atoms with Crippen LogP contribution in [-0.2, 0) is 14.8 Å². The molecule has 0 aliphatic heterocycles. The fraction of sp³-hybridized carbons (Fsp3) is 0.467. The molecule has 0 heterocycles. The summed E-state index contributed by atoms with van der Waals surface area (Å²) in [5.41, 5.74) is -1.42. The van der Waals surface area contributed by atoms with Crippen molar-refractivity contribution in [1.82, 2.24) is 9.62 Å². The second-order valence-electron chi connectivity index (χ2n) is 5.60. The zero-order chi connectivity index (χ0) is 18.7. The molecule has 1 atom stereocenters. The highest BCUT2D eigenvalue weighted by Crippen LogP contribution is 2.27. The van der Waals surface area contributed by atoms with E-state index in [2.05, 4.69) is 5.32 Å². The number of ether oxygens (including phenoxy) is 1. The maximum Gasteiger partial charge on any atom is 0.329 e. The van der Waals surface area contributed by atoms with Gasteiger partial charge in [-0.2, -0.15) is 0 Å². The number of amides is 1. The first-order valence-corrected chi connectivity index (χ1v) is 8.60. The number of rotatable bonds is 7. The molecule has 2 N–H and O–H groups in total. The van der Waals surface area contributed by atoms with Gasteiger partial charge in [0, 0.05) is 19.7 Å². The summed E-state index contributed by atoms with van der Waals surface area (Å²) in [4.78, 5) is 23.5. The Labute approximate surface area is 141 Å². The SMILES string of the molecule is CCC(C)(NC(=O)c1ccc(OC)c(S(=O)(=O)N(C)C)c1)C(=O)O. The Morgan fingerprint density at radius 1 is 1.33 bits per heavy atom. The first-order chi connectivity index (χ1) is 11.0. The van der Waals surface area contributed by atoms with Gasteiger partial charge in [-0.05, 0) is 31.5 Å². The number of carbonyl (C=O) groups excluding carboxylic acids is 1. The van der Waals surface area contributed by atoms with Gasteiger partial charge in [0.05, 0.1) is 7.11 Å². The lowest BCUT2D eigenvalue weighted by Crippen LogP contribution is -2.51. The van der Waals surface area contributed by atoms with E-state index in [1.807, 2.05) is 0 Å². The van der Waals surface area contributed by atoms with Crippen molar-refractivity contribution in [2.24, 2.45) is 0 Å². The van der Waals surface area contributed by atoms with Crippen molar-refractivity contribution in [2.75, 3.05) is 21.2 Å². The molecule has 1 amide bonds. The molecule has 0 aliphatic carbocycles. The Morgan fingerprint density at radius 3 is 2.33 bits per heavy atom. The third-order valence-corrected chi connectivity index (χ3v) is 5.59. The van der Waals surface area contributed by atoms with E-state index in [0.717, 1.165) is 4.31 Å². The Balaban J connectivity index is 3.33. The van der Waals surface area contributed by atoms with Crippen LogP contribution >= 0.6 is 0 Å². The van der Waals surface area contributed by atoms with Gasteiger partial charge in [0.1, 0.15) is 16.2 Å². The average Bonchev–Trinajstić information content (AvgIpc) is 2.53. The van der Waals surface area contributed by atoms with Crippen molar-refractivity contribution >= 4 is 21.9 Å². The van der Waals surface area contributed by atoms with E-state index in [0.29, 0.717) is 0 Å². The molecule has 1 rings (SSSR count). The highest BCUT2D eigenvalue weighted by atomic mass is 32.2. The van der Waals surface area contributed by atoms with E-state index in [1.54, 1.807) is 6.92 Å². The molecular formula is C15H22N2O6S. The Kier molecular flexibility index (Phi) is 5.96. The molecule has 0 spiro atoms. The Morgan fingerprint density at radius 2 is 1.92 bits per heavy atom. The number of methoxy groups -OCH3 is 1.